The molecule has 2 aromatic carbocycles. The summed E-state index contributed by atoms with van der Waals surface area (Å²) in [5.41, 5.74) is 2.14. The number of amides is 2. The van der Waals surface area contributed by atoms with Crippen LogP contribution in [-0.4, -0.2) is 31.5 Å². The molecular formula is C22H27N3O3. The number of benzene rings is 2. The van der Waals surface area contributed by atoms with Gasteiger partial charge in [0.2, 0.25) is 5.91 Å². The third kappa shape index (κ3) is 5.74. The van der Waals surface area contributed by atoms with E-state index in [1.807, 2.05) is 12.1 Å². The second-order valence-corrected chi connectivity index (χ2v) is 7.02. The lowest BCUT2D eigenvalue weighted by atomic mass is 9.95. The van der Waals surface area contributed by atoms with Crippen molar-refractivity contribution in [1.82, 2.24) is 5.32 Å². The number of anilines is 2. The van der Waals surface area contributed by atoms with Gasteiger partial charge >= 0.3 is 0 Å². The first kappa shape index (κ1) is 19.7. The third-order valence-corrected chi connectivity index (χ3v) is 4.91. The van der Waals surface area contributed by atoms with Gasteiger partial charge in [-0.05, 0) is 61.4 Å². The minimum atomic E-state index is -0.149. The van der Waals surface area contributed by atoms with E-state index in [1.54, 1.807) is 43.5 Å². The topological polar surface area (TPSA) is 79.5 Å². The number of rotatable bonds is 7. The van der Waals surface area contributed by atoms with Gasteiger partial charge in [0.1, 0.15) is 5.75 Å². The van der Waals surface area contributed by atoms with Gasteiger partial charge in [0, 0.05) is 23.0 Å². The predicted molar refractivity (Wildman–Crippen MR) is 111 cm³/mol. The summed E-state index contributed by atoms with van der Waals surface area (Å²) in [5, 5.41) is 8.99. The zero-order valence-corrected chi connectivity index (χ0v) is 16.2. The second-order valence-electron chi connectivity index (χ2n) is 7.02. The fourth-order valence-corrected chi connectivity index (χ4v) is 3.32. The smallest absolute Gasteiger partial charge is 0.251 e. The van der Waals surface area contributed by atoms with E-state index in [9.17, 15) is 9.59 Å². The molecule has 0 radical (unpaired) electrons. The molecule has 0 saturated heterocycles. The first-order valence-electron chi connectivity index (χ1n) is 9.73. The molecule has 2 aromatic rings. The largest absolute Gasteiger partial charge is 0.497 e. The van der Waals surface area contributed by atoms with Gasteiger partial charge in [-0.2, -0.15) is 0 Å². The minimum absolute atomic E-state index is 0.0318. The Balaban J connectivity index is 1.45. The summed E-state index contributed by atoms with van der Waals surface area (Å²) in [6, 6.07) is 14.6. The fourth-order valence-electron chi connectivity index (χ4n) is 3.32. The summed E-state index contributed by atoms with van der Waals surface area (Å²) in [6.45, 7) is 0.139. The quantitative estimate of drug-likeness (QED) is 0.681. The van der Waals surface area contributed by atoms with Crippen LogP contribution in [0.15, 0.2) is 48.5 Å². The van der Waals surface area contributed by atoms with Crippen LogP contribution in [0.1, 0.15) is 42.5 Å². The van der Waals surface area contributed by atoms with E-state index in [1.165, 1.54) is 19.3 Å². The van der Waals surface area contributed by atoms with Gasteiger partial charge in [0.05, 0.1) is 13.7 Å². The molecule has 0 unspecified atom stereocenters. The number of methoxy groups -OCH3 is 1. The molecule has 6 nitrogen and oxygen atoms in total. The molecule has 0 aromatic heterocycles. The Morgan fingerprint density at radius 2 is 1.57 bits per heavy atom. The van der Waals surface area contributed by atoms with Crippen molar-refractivity contribution in [1.29, 1.82) is 0 Å². The average molecular weight is 381 g/mol. The molecule has 6 heteroatoms. The van der Waals surface area contributed by atoms with E-state index in [0.29, 0.717) is 17.3 Å². The van der Waals surface area contributed by atoms with Crippen molar-refractivity contribution in [3.05, 3.63) is 54.1 Å². The highest BCUT2D eigenvalue weighted by atomic mass is 16.5. The Morgan fingerprint density at radius 1 is 0.929 bits per heavy atom. The van der Waals surface area contributed by atoms with Crippen molar-refractivity contribution in [3.63, 3.8) is 0 Å². The van der Waals surface area contributed by atoms with E-state index in [4.69, 9.17) is 4.74 Å². The van der Waals surface area contributed by atoms with Gasteiger partial charge in [0.25, 0.3) is 5.91 Å². The Hall–Kier alpha value is -3.02. The molecule has 2 amide bonds. The van der Waals surface area contributed by atoms with Crippen LogP contribution in [0.2, 0.25) is 0 Å². The number of carbonyl (C=O) groups is 2. The molecule has 1 aliphatic rings. The van der Waals surface area contributed by atoms with Crippen LogP contribution in [-0.2, 0) is 4.79 Å². The summed E-state index contributed by atoms with van der Waals surface area (Å²) in [4.78, 5) is 24.4. The molecule has 0 aliphatic heterocycles. The maximum Gasteiger partial charge on any atom is 0.251 e. The van der Waals surface area contributed by atoms with Crippen molar-refractivity contribution >= 4 is 23.2 Å². The Morgan fingerprint density at radius 3 is 2.21 bits per heavy atom. The minimum Gasteiger partial charge on any atom is -0.497 e. The highest BCUT2D eigenvalue weighted by Crippen LogP contribution is 2.18. The molecule has 0 atom stereocenters. The van der Waals surface area contributed by atoms with Gasteiger partial charge in [-0.3, -0.25) is 9.59 Å². The lowest BCUT2D eigenvalue weighted by Gasteiger charge is -2.22. The predicted octanol–water partition coefficient (Wildman–Crippen LogP) is 3.81. The van der Waals surface area contributed by atoms with Crippen LogP contribution >= 0.6 is 0 Å². The van der Waals surface area contributed by atoms with Crippen LogP contribution in [0, 0.1) is 0 Å². The second kappa shape index (κ2) is 9.78. The van der Waals surface area contributed by atoms with Crippen LogP contribution in [0.3, 0.4) is 0 Å². The number of carbonyl (C=O) groups excluding carboxylic acids is 2. The lowest BCUT2D eigenvalue weighted by molar-refractivity contribution is -0.114. The van der Waals surface area contributed by atoms with Crippen molar-refractivity contribution < 1.29 is 14.3 Å². The van der Waals surface area contributed by atoms with Crippen LogP contribution in [0.5, 0.6) is 5.75 Å². The van der Waals surface area contributed by atoms with Crippen molar-refractivity contribution in [3.8, 4) is 5.75 Å². The molecule has 0 spiro atoms. The molecule has 148 valence electrons. The average Bonchev–Trinajstić information content (AvgIpc) is 2.74. The monoisotopic (exact) mass is 381 g/mol. The highest BCUT2D eigenvalue weighted by Gasteiger charge is 2.16. The van der Waals surface area contributed by atoms with Gasteiger partial charge in [0.15, 0.2) is 0 Å². The van der Waals surface area contributed by atoms with Crippen molar-refractivity contribution in [2.24, 2.45) is 0 Å². The van der Waals surface area contributed by atoms with Gasteiger partial charge in [-0.15, -0.1) is 0 Å². The zero-order chi connectivity index (χ0) is 19.8. The molecule has 0 bridgehead atoms. The van der Waals surface area contributed by atoms with Crippen LogP contribution in [0.4, 0.5) is 11.4 Å². The molecule has 28 heavy (non-hydrogen) atoms. The summed E-state index contributed by atoms with van der Waals surface area (Å²) in [5.74, 6) is 0.559. The number of nitrogens with one attached hydrogen (secondary N) is 3. The van der Waals surface area contributed by atoms with Crippen LogP contribution in [0.25, 0.3) is 0 Å². The maximum absolute atomic E-state index is 12.3. The van der Waals surface area contributed by atoms with E-state index in [0.717, 1.165) is 24.3 Å². The molecule has 1 fully saturated rings. The Kier molecular flexibility index (Phi) is 6.89. The standard InChI is InChI=1S/C22H27N3O3/c1-28-20-13-11-19(12-14-20)24-21(26)15-23-17-9-7-16(8-10-17)22(27)25-18-5-3-2-4-6-18/h7-14,18,23H,2-6,15H2,1H3,(H,24,26)(H,25,27). The van der Waals surface area contributed by atoms with Crippen molar-refractivity contribution in [2.75, 3.05) is 24.3 Å². The normalized spacial score (nSPS) is 14.2. The molecule has 3 N–H and O–H groups in total. The van der Waals surface area contributed by atoms with Gasteiger partial charge < -0.3 is 20.7 Å². The summed E-state index contributed by atoms with van der Waals surface area (Å²) >= 11 is 0. The summed E-state index contributed by atoms with van der Waals surface area (Å²) in [6.07, 6.45) is 5.76. The number of ether oxygens (including phenoxy) is 1. The van der Waals surface area contributed by atoms with Gasteiger partial charge in [-0.1, -0.05) is 19.3 Å². The maximum atomic E-state index is 12.3. The van der Waals surface area contributed by atoms with Gasteiger partial charge in [-0.25, -0.2) is 0 Å². The van der Waals surface area contributed by atoms with Crippen molar-refractivity contribution in [2.45, 2.75) is 38.1 Å². The Bertz CT molecular complexity index is 782. The number of hydrogen-bond acceptors (Lipinski definition) is 4. The van der Waals surface area contributed by atoms with E-state index in [-0.39, 0.29) is 18.4 Å². The molecule has 1 saturated carbocycles. The first-order chi connectivity index (χ1) is 13.6. The van der Waals surface area contributed by atoms with E-state index < -0.39 is 0 Å². The third-order valence-electron chi connectivity index (χ3n) is 4.91. The van der Waals surface area contributed by atoms with E-state index in [2.05, 4.69) is 16.0 Å². The zero-order valence-electron chi connectivity index (χ0n) is 16.2. The molecule has 3 rings (SSSR count). The van der Waals surface area contributed by atoms with Crippen LogP contribution < -0.4 is 20.7 Å². The molecule has 1 aliphatic carbocycles. The highest BCUT2D eigenvalue weighted by molar-refractivity contribution is 5.95. The summed E-state index contributed by atoms with van der Waals surface area (Å²) < 4.78 is 5.09. The lowest BCUT2D eigenvalue weighted by Crippen LogP contribution is -2.36. The summed E-state index contributed by atoms with van der Waals surface area (Å²) in [7, 11) is 1.60. The first-order valence-corrected chi connectivity index (χ1v) is 9.73. The fraction of sp³-hybridized carbons (Fsp3) is 0.364. The molecular weight excluding hydrogens is 354 g/mol. The molecule has 0 heterocycles. The SMILES string of the molecule is COc1ccc(NC(=O)CNc2ccc(C(=O)NC3CCCCC3)cc2)cc1. The van der Waals surface area contributed by atoms with E-state index >= 15 is 0 Å². The Labute approximate surface area is 165 Å². The number of hydrogen-bond donors (Lipinski definition) is 3.